The number of hydrogen-bond acceptors (Lipinski definition) is 3. The van der Waals surface area contributed by atoms with Crippen LogP contribution >= 0.6 is 0 Å². The van der Waals surface area contributed by atoms with Gasteiger partial charge in [-0.1, -0.05) is 19.3 Å². The lowest BCUT2D eigenvalue weighted by molar-refractivity contribution is -0.126. The molecule has 0 spiro atoms. The van der Waals surface area contributed by atoms with Crippen molar-refractivity contribution in [3.63, 3.8) is 0 Å². The Morgan fingerprint density at radius 3 is 2.12 bits per heavy atom. The van der Waals surface area contributed by atoms with E-state index in [1.807, 2.05) is 12.1 Å². The Labute approximate surface area is 157 Å². The van der Waals surface area contributed by atoms with Gasteiger partial charge in [0, 0.05) is 50.4 Å². The van der Waals surface area contributed by atoms with Gasteiger partial charge >= 0.3 is 0 Å². The number of nitrogens with one attached hydrogen (secondary N) is 1. The van der Waals surface area contributed by atoms with E-state index in [1.54, 1.807) is 11.8 Å². The fraction of sp³-hybridized carbons (Fsp3) is 0.619. The fourth-order valence-electron chi connectivity index (χ4n) is 3.70. The maximum absolute atomic E-state index is 12.3. The van der Waals surface area contributed by atoms with Gasteiger partial charge in [-0.15, -0.1) is 0 Å². The summed E-state index contributed by atoms with van der Waals surface area (Å²) < 4.78 is 0. The second-order valence-electron chi connectivity index (χ2n) is 6.99. The van der Waals surface area contributed by atoms with E-state index >= 15 is 0 Å². The number of carbonyl (C=O) groups excluding carboxylic acids is 2. The zero-order valence-corrected chi connectivity index (χ0v) is 16.5. The Morgan fingerprint density at radius 2 is 1.58 bits per heavy atom. The van der Waals surface area contributed by atoms with Crippen molar-refractivity contribution in [2.75, 3.05) is 36.0 Å². The molecule has 0 atom stereocenters. The van der Waals surface area contributed by atoms with Crippen LogP contribution in [0.2, 0.25) is 0 Å². The summed E-state index contributed by atoms with van der Waals surface area (Å²) in [5.74, 6) is 0.292. The molecule has 1 N–H and O–H groups in total. The van der Waals surface area contributed by atoms with E-state index in [1.165, 1.54) is 6.42 Å². The van der Waals surface area contributed by atoms with Crippen LogP contribution in [0.15, 0.2) is 24.3 Å². The van der Waals surface area contributed by atoms with Gasteiger partial charge in [-0.25, -0.2) is 0 Å². The molecular weight excluding hydrogens is 326 g/mol. The highest BCUT2D eigenvalue weighted by atomic mass is 16.2. The zero-order chi connectivity index (χ0) is 18.9. The van der Waals surface area contributed by atoms with Crippen LogP contribution in [0.4, 0.5) is 11.4 Å². The summed E-state index contributed by atoms with van der Waals surface area (Å²) in [5, 5.41) is 3.01. The van der Waals surface area contributed by atoms with E-state index in [0.717, 1.165) is 50.1 Å². The zero-order valence-electron chi connectivity index (χ0n) is 16.5. The Kier molecular flexibility index (Phi) is 7.95. The number of carbonyl (C=O) groups is 2. The van der Waals surface area contributed by atoms with Crippen molar-refractivity contribution in [2.24, 2.45) is 5.92 Å². The fourth-order valence-corrected chi connectivity index (χ4v) is 3.70. The Hall–Kier alpha value is -2.04. The quantitative estimate of drug-likeness (QED) is 0.772. The lowest BCUT2D eigenvalue weighted by atomic mass is 9.89. The molecule has 1 aromatic rings. The smallest absolute Gasteiger partial charge is 0.223 e. The van der Waals surface area contributed by atoms with Gasteiger partial charge in [0.15, 0.2) is 0 Å². The number of rotatable bonds is 8. The maximum Gasteiger partial charge on any atom is 0.223 e. The van der Waals surface area contributed by atoms with Gasteiger partial charge in [0.25, 0.3) is 0 Å². The molecule has 26 heavy (non-hydrogen) atoms. The molecule has 5 heteroatoms. The van der Waals surface area contributed by atoms with Crippen LogP contribution < -0.4 is 15.1 Å². The summed E-state index contributed by atoms with van der Waals surface area (Å²) in [5.41, 5.74) is 2.04. The minimum absolute atomic E-state index is 0.00694. The van der Waals surface area contributed by atoms with E-state index in [0.29, 0.717) is 13.1 Å². The van der Waals surface area contributed by atoms with Gasteiger partial charge < -0.3 is 15.1 Å². The minimum atomic E-state index is -0.00694. The Morgan fingerprint density at radius 1 is 1.00 bits per heavy atom. The molecule has 1 aliphatic carbocycles. The normalized spacial score (nSPS) is 14.7. The molecular formula is C21H33N3O2. The molecule has 1 fully saturated rings. The van der Waals surface area contributed by atoms with Crippen molar-refractivity contribution in [1.82, 2.24) is 5.32 Å². The number of amides is 2. The highest BCUT2D eigenvalue weighted by molar-refractivity contribution is 5.91. The van der Waals surface area contributed by atoms with E-state index in [-0.39, 0.29) is 17.7 Å². The van der Waals surface area contributed by atoms with Crippen LogP contribution in [0.25, 0.3) is 0 Å². The molecule has 0 radical (unpaired) electrons. The Bertz CT molecular complexity index is 575. The maximum atomic E-state index is 12.3. The summed E-state index contributed by atoms with van der Waals surface area (Å²) in [4.78, 5) is 28.3. The molecule has 2 rings (SSSR count). The summed E-state index contributed by atoms with van der Waals surface area (Å²) in [7, 11) is 0. The molecule has 5 nitrogen and oxygen atoms in total. The summed E-state index contributed by atoms with van der Waals surface area (Å²) in [6.45, 7) is 8.74. The van der Waals surface area contributed by atoms with Gasteiger partial charge in [0.2, 0.25) is 11.8 Å². The molecule has 0 unspecified atom stereocenters. The van der Waals surface area contributed by atoms with E-state index in [2.05, 4.69) is 36.2 Å². The van der Waals surface area contributed by atoms with Gasteiger partial charge in [0.05, 0.1) is 0 Å². The van der Waals surface area contributed by atoms with Crippen LogP contribution in [-0.4, -0.2) is 38.0 Å². The third kappa shape index (κ3) is 5.48. The molecule has 144 valence electrons. The lowest BCUT2D eigenvalue weighted by Gasteiger charge is -2.25. The first kappa shape index (κ1) is 20.3. The van der Waals surface area contributed by atoms with Crippen LogP contribution in [0, 0.1) is 5.92 Å². The van der Waals surface area contributed by atoms with Gasteiger partial charge in [-0.05, 0) is 51.0 Å². The van der Waals surface area contributed by atoms with Gasteiger partial charge in [-0.2, -0.15) is 0 Å². The highest BCUT2D eigenvalue weighted by Gasteiger charge is 2.21. The molecule has 1 aliphatic rings. The Balaban J connectivity index is 1.91. The SMILES string of the molecule is CCN(CC)c1ccc(N(CCNC(=O)C2CCCCC2)C(C)=O)cc1. The standard InChI is InChI=1S/C21H33N3O2/c1-4-23(5-2)19-11-13-20(14-12-19)24(17(3)25)16-15-22-21(26)18-9-7-6-8-10-18/h11-14,18H,4-10,15-16H2,1-3H3,(H,22,26). The molecule has 0 aromatic heterocycles. The monoisotopic (exact) mass is 359 g/mol. The molecule has 0 heterocycles. The molecule has 0 saturated heterocycles. The third-order valence-electron chi connectivity index (χ3n) is 5.28. The second-order valence-corrected chi connectivity index (χ2v) is 6.99. The first-order chi connectivity index (χ1) is 12.6. The van der Waals surface area contributed by atoms with Crippen LogP contribution in [0.1, 0.15) is 52.9 Å². The summed E-state index contributed by atoms with van der Waals surface area (Å²) >= 11 is 0. The second kappa shape index (κ2) is 10.2. The van der Waals surface area contributed by atoms with Gasteiger partial charge in [0.1, 0.15) is 0 Å². The number of hydrogen-bond donors (Lipinski definition) is 1. The largest absolute Gasteiger partial charge is 0.372 e. The lowest BCUT2D eigenvalue weighted by Crippen LogP contribution is -2.40. The molecule has 1 saturated carbocycles. The van der Waals surface area contributed by atoms with Crippen LogP contribution in [0.3, 0.4) is 0 Å². The average Bonchev–Trinajstić information content (AvgIpc) is 2.67. The van der Waals surface area contributed by atoms with E-state index in [4.69, 9.17) is 0 Å². The number of nitrogens with zero attached hydrogens (tertiary/aromatic N) is 2. The average molecular weight is 360 g/mol. The van der Waals surface area contributed by atoms with Crippen molar-refractivity contribution in [3.05, 3.63) is 24.3 Å². The first-order valence-corrected chi connectivity index (χ1v) is 9.97. The molecule has 1 aromatic carbocycles. The van der Waals surface area contributed by atoms with Crippen LogP contribution in [0.5, 0.6) is 0 Å². The summed E-state index contributed by atoms with van der Waals surface area (Å²) in [6.07, 6.45) is 5.53. The highest BCUT2D eigenvalue weighted by Crippen LogP contribution is 2.24. The third-order valence-corrected chi connectivity index (χ3v) is 5.28. The first-order valence-electron chi connectivity index (χ1n) is 9.97. The molecule has 0 bridgehead atoms. The van der Waals surface area contributed by atoms with Crippen molar-refractivity contribution in [3.8, 4) is 0 Å². The number of anilines is 2. The van der Waals surface area contributed by atoms with E-state index in [9.17, 15) is 9.59 Å². The molecule has 0 aliphatic heterocycles. The van der Waals surface area contributed by atoms with Gasteiger partial charge in [-0.3, -0.25) is 9.59 Å². The topological polar surface area (TPSA) is 52.6 Å². The van der Waals surface area contributed by atoms with Crippen molar-refractivity contribution in [1.29, 1.82) is 0 Å². The van der Waals surface area contributed by atoms with Crippen molar-refractivity contribution >= 4 is 23.2 Å². The predicted molar refractivity (Wildman–Crippen MR) is 108 cm³/mol. The molecule has 2 amide bonds. The predicted octanol–water partition coefficient (Wildman–Crippen LogP) is 3.58. The van der Waals surface area contributed by atoms with Crippen LogP contribution in [-0.2, 0) is 9.59 Å². The van der Waals surface area contributed by atoms with Crippen molar-refractivity contribution < 1.29 is 9.59 Å². The van der Waals surface area contributed by atoms with Crippen molar-refractivity contribution in [2.45, 2.75) is 52.9 Å². The van der Waals surface area contributed by atoms with E-state index < -0.39 is 0 Å². The minimum Gasteiger partial charge on any atom is -0.372 e. The summed E-state index contributed by atoms with van der Waals surface area (Å²) in [6, 6.07) is 8.08. The number of benzene rings is 1.